The average molecular weight is 258 g/mol. The number of benzene rings is 1. The highest BCUT2D eigenvalue weighted by atomic mass is 32.2. The first-order chi connectivity index (χ1) is 7.79. The van der Waals surface area contributed by atoms with Crippen LogP contribution in [0.4, 0.5) is 11.4 Å². The number of primary sulfonamides is 1. The Kier molecular flexibility index (Phi) is 3.92. The molecule has 1 aromatic rings. The largest absolute Gasteiger partial charge is 0.399 e. The van der Waals surface area contributed by atoms with Crippen LogP contribution in [-0.4, -0.2) is 26.6 Å². The Morgan fingerprint density at radius 1 is 1.35 bits per heavy atom. The van der Waals surface area contributed by atoms with Crippen LogP contribution >= 0.6 is 0 Å². The molecule has 1 amide bonds. The highest BCUT2D eigenvalue weighted by Gasteiger charge is 2.09. The van der Waals surface area contributed by atoms with E-state index in [1.54, 1.807) is 12.1 Å². The van der Waals surface area contributed by atoms with Crippen molar-refractivity contribution < 1.29 is 13.2 Å². The molecule has 0 bridgehead atoms. The Morgan fingerprint density at radius 2 is 2.00 bits per heavy atom. The predicted octanol–water partition coefficient (Wildman–Crippen LogP) is -0.932. The molecule has 0 aliphatic heterocycles. The third kappa shape index (κ3) is 4.29. The maximum Gasteiger partial charge on any atom is 0.250 e. The molecule has 0 spiro atoms. The molecule has 7 N–H and O–H groups in total. The molecule has 0 radical (unpaired) electrons. The lowest BCUT2D eigenvalue weighted by Crippen LogP contribution is -2.23. The Balaban J connectivity index is 2.81. The first-order valence-electron chi connectivity index (χ1n) is 4.73. The average Bonchev–Trinajstić information content (AvgIpc) is 2.18. The van der Waals surface area contributed by atoms with Crippen molar-refractivity contribution in [3.63, 3.8) is 0 Å². The SMILES string of the molecule is NC(=O)c1cc(N)ccc1NCCS(N)(=O)=O. The van der Waals surface area contributed by atoms with Crippen LogP contribution in [0.5, 0.6) is 0 Å². The molecule has 1 rings (SSSR count). The predicted molar refractivity (Wildman–Crippen MR) is 65.8 cm³/mol. The lowest BCUT2D eigenvalue weighted by Gasteiger charge is -2.10. The van der Waals surface area contributed by atoms with Crippen molar-refractivity contribution in [3.05, 3.63) is 23.8 Å². The topological polar surface area (TPSA) is 141 Å². The van der Waals surface area contributed by atoms with Crippen LogP contribution in [0.25, 0.3) is 0 Å². The first kappa shape index (κ1) is 13.3. The van der Waals surface area contributed by atoms with Crippen LogP contribution in [0.15, 0.2) is 18.2 Å². The number of sulfonamides is 1. The molecule has 0 aromatic heterocycles. The van der Waals surface area contributed by atoms with Gasteiger partial charge in [-0.1, -0.05) is 0 Å². The molecule has 8 heteroatoms. The molecule has 17 heavy (non-hydrogen) atoms. The van der Waals surface area contributed by atoms with Gasteiger partial charge in [-0.3, -0.25) is 4.79 Å². The second-order valence-electron chi connectivity index (χ2n) is 3.46. The van der Waals surface area contributed by atoms with Gasteiger partial charge in [-0.05, 0) is 18.2 Å². The number of primary amides is 1. The third-order valence-electron chi connectivity index (χ3n) is 2.01. The minimum atomic E-state index is -3.54. The van der Waals surface area contributed by atoms with Gasteiger partial charge >= 0.3 is 0 Å². The Bertz CT molecular complexity index is 527. The second kappa shape index (κ2) is 5.02. The standard InChI is InChI=1S/C9H14N4O3S/c10-6-1-2-8(7(5-6)9(11)14)13-3-4-17(12,15)16/h1-2,5,13H,3-4,10H2,(H2,11,14)(H2,12,15,16). The van der Waals surface area contributed by atoms with Crippen LogP contribution in [0.3, 0.4) is 0 Å². The number of nitrogens with two attached hydrogens (primary N) is 3. The van der Waals surface area contributed by atoms with Crippen LogP contribution in [0.1, 0.15) is 10.4 Å². The summed E-state index contributed by atoms with van der Waals surface area (Å²) in [6.45, 7) is 0.0863. The van der Waals surface area contributed by atoms with E-state index in [1.165, 1.54) is 6.07 Å². The summed E-state index contributed by atoms with van der Waals surface area (Å²) in [6.07, 6.45) is 0. The van der Waals surface area contributed by atoms with Gasteiger partial charge in [0.2, 0.25) is 10.0 Å². The number of amides is 1. The van der Waals surface area contributed by atoms with Crippen LogP contribution in [-0.2, 0) is 10.0 Å². The number of hydrogen-bond donors (Lipinski definition) is 4. The summed E-state index contributed by atoms with van der Waals surface area (Å²) in [5, 5.41) is 7.60. The number of carbonyl (C=O) groups excluding carboxylic acids is 1. The molecule has 0 aliphatic rings. The molecular weight excluding hydrogens is 244 g/mol. The highest BCUT2D eigenvalue weighted by Crippen LogP contribution is 2.18. The monoisotopic (exact) mass is 258 g/mol. The summed E-state index contributed by atoms with van der Waals surface area (Å²) in [4.78, 5) is 11.1. The third-order valence-corrected chi connectivity index (χ3v) is 2.78. The molecule has 94 valence electrons. The molecule has 0 unspecified atom stereocenters. The molecule has 0 atom stereocenters. The quantitative estimate of drug-likeness (QED) is 0.505. The van der Waals surface area contributed by atoms with Gasteiger partial charge in [-0.15, -0.1) is 0 Å². The number of hydrogen-bond acceptors (Lipinski definition) is 5. The van der Waals surface area contributed by atoms with Gasteiger partial charge in [0, 0.05) is 17.9 Å². The van der Waals surface area contributed by atoms with Gasteiger partial charge in [0.05, 0.1) is 11.3 Å². The smallest absolute Gasteiger partial charge is 0.250 e. The van der Waals surface area contributed by atoms with Crippen molar-refractivity contribution in [1.82, 2.24) is 0 Å². The van der Waals surface area contributed by atoms with E-state index in [-0.39, 0.29) is 17.9 Å². The number of rotatable bonds is 5. The van der Waals surface area contributed by atoms with E-state index in [0.29, 0.717) is 11.4 Å². The van der Waals surface area contributed by atoms with Crippen molar-refractivity contribution in [2.75, 3.05) is 23.3 Å². The maximum absolute atomic E-state index is 11.1. The molecule has 7 nitrogen and oxygen atoms in total. The first-order valence-corrected chi connectivity index (χ1v) is 6.45. The van der Waals surface area contributed by atoms with Gasteiger partial charge in [-0.25, -0.2) is 13.6 Å². The molecule has 0 aliphatic carbocycles. The Morgan fingerprint density at radius 3 is 2.53 bits per heavy atom. The number of nitrogen functional groups attached to an aromatic ring is 1. The van der Waals surface area contributed by atoms with Crippen molar-refractivity contribution >= 4 is 27.3 Å². The fourth-order valence-corrected chi connectivity index (χ4v) is 1.63. The number of carbonyl (C=O) groups is 1. The highest BCUT2D eigenvalue weighted by molar-refractivity contribution is 7.89. The van der Waals surface area contributed by atoms with E-state index in [2.05, 4.69) is 5.32 Å². The fourth-order valence-electron chi connectivity index (χ4n) is 1.25. The lowest BCUT2D eigenvalue weighted by molar-refractivity contribution is 0.100. The second-order valence-corrected chi connectivity index (χ2v) is 5.20. The molecule has 0 saturated carbocycles. The maximum atomic E-state index is 11.1. The summed E-state index contributed by atoms with van der Waals surface area (Å²) >= 11 is 0. The van der Waals surface area contributed by atoms with Crippen LogP contribution < -0.4 is 21.9 Å². The van der Waals surface area contributed by atoms with Gasteiger partial charge in [-0.2, -0.15) is 0 Å². The van der Waals surface area contributed by atoms with Crippen LogP contribution in [0.2, 0.25) is 0 Å². The van der Waals surface area contributed by atoms with E-state index in [0.717, 1.165) is 0 Å². The summed E-state index contributed by atoms with van der Waals surface area (Å²) in [7, 11) is -3.54. The van der Waals surface area contributed by atoms with E-state index in [4.69, 9.17) is 16.6 Å². The summed E-state index contributed by atoms with van der Waals surface area (Å²) in [5.41, 5.74) is 11.7. The lowest BCUT2D eigenvalue weighted by atomic mass is 10.1. The minimum absolute atomic E-state index is 0.0863. The zero-order chi connectivity index (χ0) is 13.1. The van der Waals surface area contributed by atoms with E-state index in [9.17, 15) is 13.2 Å². The summed E-state index contributed by atoms with van der Waals surface area (Å²) in [5.74, 6) is -0.884. The molecule has 0 fully saturated rings. The van der Waals surface area contributed by atoms with Crippen molar-refractivity contribution in [1.29, 1.82) is 0 Å². The minimum Gasteiger partial charge on any atom is -0.399 e. The van der Waals surface area contributed by atoms with Crippen molar-refractivity contribution in [2.24, 2.45) is 10.9 Å². The van der Waals surface area contributed by atoms with Crippen molar-refractivity contribution in [3.8, 4) is 0 Å². The van der Waals surface area contributed by atoms with E-state index in [1.807, 2.05) is 0 Å². The van der Waals surface area contributed by atoms with E-state index >= 15 is 0 Å². The Labute approximate surface area is 99.0 Å². The van der Waals surface area contributed by atoms with Gasteiger partial charge in [0.1, 0.15) is 0 Å². The van der Waals surface area contributed by atoms with Gasteiger partial charge < -0.3 is 16.8 Å². The number of nitrogens with one attached hydrogen (secondary N) is 1. The molecule has 0 heterocycles. The normalized spacial score (nSPS) is 11.1. The summed E-state index contributed by atoms with van der Waals surface area (Å²) < 4.78 is 21.4. The molecule has 0 saturated heterocycles. The van der Waals surface area contributed by atoms with Crippen molar-refractivity contribution in [2.45, 2.75) is 0 Å². The Hall–Kier alpha value is -1.80. The summed E-state index contributed by atoms with van der Waals surface area (Å²) in [6, 6.07) is 4.55. The van der Waals surface area contributed by atoms with E-state index < -0.39 is 15.9 Å². The molecule has 1 aromatic carbocycles. The van der Waals surface area contributed by atoms with Gasteiger partial charge in [0.25, 0.3) is 5.91 Å². The van der Waals surface area contributed by atoms with Gasteiger partial charge in [0.15, 0.2) is 0 Å². The number of anilines is 2. The van der Waals surface area contributed by atoms with Crippen LogP contribution in [0, 0.1) is 0 Å². The molecular formula is C9H14N4O3S. The zero-order valence-electron chi connectivity index (χ0n) is 9.01. The fraction of sp³-hybridized carbons (Fsp3) is 0.222. The zero-order valence-corrected chi connectivity index (χ0v) is 9.83.